The monoisotopic (exact) mass is 498 g/mol. The number of likely N-dealkylation sites (N-methyl/N-ethyl adjacent to an activating group) is 1. The number of quaternary nitrogens is 1. The maximum absolute atomic E-state index is 12.8. The molecule has 156 valence electrons. The molecule has 0 aliphatic rings. The maximum atomic E-state index is 12.8. The van der Waals surface area contributed by atoms with Gasteiger partial charge in [-0.25, -0.2) is 0 Å². The van der Waals surface area contributed by atoms with Gasteiger partial charge in [0.15, 0.2) is 5.78 Å². The van der Waals surface area contributed by atoms with Gasteiger partial charge in [-0.3, -0.25) is 10.2 Å². The van der Waals surface area contributed by atoms with Crippen molar-refractivity contribution in [3.8, 4) is 0 Å². The Hall–Kier alpha value is -1.60. The fourth-order valence-electron chi connectivity index (χ4n) is 3.46. The standard InChI is InChI=1S/C21H24Cl2N4O.BrH/c1-3-25(4-2)11-12-26-18-7-5-6-8-19(18)27(21(26)24)14-20(28)15-9-10-16(22)17(23)13-15;/h5-10,13,24H,3-4,11-12,14H2,1-2H3;1H. The summed E-state index contributed by atoms with van der Waals surface area (Å²) in [6.45, 7) is 8.22. The predicted octanol–water partition coefficient (Wildman–Crippen LogP) is 0.0407. The molecule has 0 bridgehead atoms. The van der Waals surface area contributed by atoms with Crippen molar-refractivity contribution in [2.24, 2.45) is 0 Å². The first-order valence-corrected chi connectivity index (χ1v) is 10.3. The Morgan fingerprint density at radius 1 is 1.00 bits per heavy atom. The number of hydrogen-bond donors (Lipinski definition) is 2. The molecular formula is C21H25BrCl2N4O. The minimum absolute atomic E-state index is 0. The fraction of sp³-hybridized carbons (Fsp3) is 0.333. The number of imidazole rings is 1. The normalized spacial score (nSPS) is 11.1. The fourth-order valence-corrected chi connectivity index (χ4v) is 3.76. The Balaban J connectivity index is 0.00000300. The van der Waals surface area contributed by atoms with E-state index in [2.05, 4.69) is 13.8 Å². The van der Waals surface area contributed by atoms with Crippen molar-refractivity contribution in [1.82, 2.24) is 9.13 Å². The van der Waals surface area contributed by atoms with E-state index in [0.717, 1.165) is 37.2 Å². The van der Waals surface area contributed by atoms with E-state index in [1.807, 2.05) is 28.8 Å². The van der Waals surface area contributed by atoms with Gasteiger partial charge in [0.1, 0.15) is 0 Å². The van der Waals surface area contributed by atoms with Gasteiger partial charge in [-0.05, 0) is 44.2 Å². The third-order valence-electron chi connectivity index (χ3n) is 5.21. The van der Waals surface area contributed by atoms with E-state index in [0.29, 0.717) is 21.2 Å². The summed E-state index contributed by atoms with van der Waals surface area (Å²) >= 11 is 12.0. The molecule has 0 spiro atoms. The molecule has 0 amide bonds. The summed E-state index contributed by atoms with van der Waals surface area (Å²) in [4.78, 5) is 14.3. The maximum Gasteiger partial charge on any atom is 0.203 e. The molecule has 0 atom stereocenters. The molecule has 1 aromatic heterocycles. The molecule has 0 saturated carbocycles. The molecule has 2 N–H and O–H groups in total. The van der Waals surface area contributed by atoms with Crippen molar-refractivity contribution >= 4 is 40.0 Å². The number of rotatable bonds is 8. The van der Waals surface area contributed by atoms with Gasteiger partial charge in [0.05, 0.1) is 53.8 Å². The number of carbonyl (C=O) groups excluding carboxylic acids is 1. The molecule has 0 radical (unpaired) electrons. The topological polar surface area (TPSA) is 55.2 Å². The molecule has 0 unspecified atom stereocenters. The molecule has 3 rings (SSSR count). The van der Waals surface area contributed by atoms with Gasteiger partial charge in [0, 0.05) is 5.56 Å². The van der Waals surface area contributed by atoms with E-state index in [1.165, 1.54) is 4.90 Å². The van der Waals surface area contributed by atoms with Crippen LogP contribution >= 0.6 is 23.2 Å². The van der Waals surface area contributed by atoms with Crippen LogP contribution in [0.2, 0.25) is 10.0 Å². The van der Waals surface area contributed by atoms with E-state index in [-0.39, 0.29) is 29.3 Å². The number of halogens is 3. The lowest BCUT2D eigenvalue weighted by Crippen LogP contribution is -3.11. The van der Waals surface area contributed by atoms with Crippen LogP contribution in [0.15, 0.2) is 42.5 Å². The van der Waals surface area contributed by atoms with Crippen LogP contribution in [0.1, 0.15) is 24.2 Å². The first-order chi connectivity index (χ1) is 13.5. The second-order valence-electron chi connectivity index (χ2n) is 6.81. The minimum atomic E-state index is -0.102. The number of fused-ring (bicyclic) bond motifs is 1. The van der Waals surface area contributed by atoms with Crippen LogP contribution < -0.4 is 27.5 Å². The molecule has 3 aromatic rings. The molecule has 0 fully saturated rings. The Morgan fingerprint density at radius 2 is 1.62 bits per heavy atom. The predicted molar refractivity (Wildman–Crippen MR) is 113 cm³/mol. The quantitative estimate of drug-likeness (QED) is 0.422. The molecule has 1 heterocycles. The summed E-state index contributed by atoms with van der Waals surface area (Å²) in [5.74, 6) is -0.102. The van der Waals surface area contributed by atoms with Crippen molar-refractivity contribution in [3.05, 3.63) is 63.7 Å². The lowest BCUT2D eigenvalue weighted by atomic mass is 10.1. The zero-order chi connectivity index (χ0) is 20.3. The smallest absolute Gasteiger partial charge is 0.203 e. The highest BCUT2D eigenvalue weighted by Gasteiger charge is 2.16. The van der Waals surface area contributed by atoms with Gasteiger partial charge in [-0.2, -0.15) is 0 Å². The van der Waals surface area contributed by atoms with Gasteiger partial charge in [0.2, 0.25) is 5.62 Å². The lowest BCUT2D eigenvalue weighted by molar-refractivity contribution is -0.897. The van der Waals surface area contributed by atoms with Crippen molar-refractivity contribution in [2.45, 2.75) is 26.9 Å². The average molecular weight is 500 g/mol. The number of nitrogens with zero attached hydrogens (tertiary/aromatic N) is 2. The number of ketones is 1. The Bertz CT molecular complexity index is 1060. The second kappa shape index (κ2) is 10.4. The minimum Gasteiger partial charge on any atom is -1.00 e. The number of hydrogen-bond acceptors (Lipinski definition) is 2. The zero-order valence-electron chi connectivity index (χ0n) is 16.5. The first-order valence-electron chi connectivity index (χ1n) is 9.50. The summed E-state index contributed by atoms with van der Waals surface area (Å²) in [5.41, 5.74) is 2.68. The molecular weight excluding hydrogens is 475 g/mol. The first kappa shape index (κ1) is 23.7. The number of aromatic nitrogens is 2. The molecule has 8 heteroatoms. The van der Waals surface area contributed by atoms with Crippen molar-refractivity contribution < 1.29 is 26.7 Å². The van der Waals surface area contributed by atoms with Crippen LogP contribution in [0.4, 0.5) is 0 Å². The van der Waals surface area contributed by atoms with Gasteiger partial charge in [-0.1, -0.05) is 35.3 Å². The number of benzene rings is 2. The van der Waals surface area contributed by atoms with Gasteiger partial charge in [0.25, 0.3) is 0 Å². The Labute approximate surface area is 191 Å². The zero-order valence-corrected chi connectivity index (χ0v) is 19.6. The number of carbonyl (C=O) groups is 1. The van der Waals surface area contributed by atoms with Crippen molar-refractivity contribution in [3.63, 3.8) is 0 Å². The van der Waals surface area contributed by atoms with Crippen LogP contribution in [-0.2, 0) is 13.1 Å². The third kappa shape index (κ3) is 5.12. The average Bonchev–Trinajstić information content (AvgIpc) is 2.96. The third-order valence-corrected chi connectivity index (χ3v) is 5.95. The number of Topliss-reactive ketones (excluding diaryl/α,β-unsaturated/α-hetero) is 1. The van der Waals surface area contributed by atoms with E-state index in [9.17, 15) is 4.79 Å². The summed E-state index contributed by atoms with van der Waals surface area (Å²) in [5, 5.41) is 9.46. The van der Waals surface area contributed by atoms with E-state index >= 15 is 0 Å². The van der Waals surface area contributed by atoms with Crippen LogP contribution in [0.25, 0.3) is 11.0 Å². The van der Waals surface area contributed by atoms with Gasteiger partial charge < -0.3 is 31.0 Å². The highest BCUT2D eigenvalue weighted by atomic mass is 79.9. The van der Waals surface area contributed by atoms with Gasteiger partial charge >= 0.3 is 0 Å². The molecule has 0 aliphatic carbocycles. The van der Waals surface area contributed by atoms with Crippen LogP contribution in [0.3, 0.4) is 0 Å². The lowest BCUT2D eigenvalue weighted by Gasteiger charge is -2.15. The number of para-hydroxylation sites is 2. The van der Waals surface area contributed by atoms with Crippen LogP contribution in [-0.4, -0.2) is 34.6 Å². The Morgan fingerprint density at radius 3 is 2.21 bits per heavy atom. The van der Waals surface area contributed by atoms with Crippen LogP contribution in [0, 0.1) is 5.41 Å². The SMILES string of the molecule is CC[NH+](CC)CCn1c(=N)n(CC(=O)c2ccc(Cl)c(Cl)c2)c2ccccc21.[Br-]. The highest BCUT2D eigenvalue weighted by molar-refractivity contribution is 6.42. The summed E-state index contributed by atoms with van der Waals surface area (Å²) in [6.07, 6.45) is 0. The Kier molecular flexibility index (Phi) is 8.52. The molecule has 29 heavy (non-hydrogen) atoms. The van der Waals surface area contributed by atoms with E-state index in [1.54, 1.807) is 22.8 Å². The van der Waals surface area contributed by atoms with E-state index in [4.69, 9.17) is 28.6 Å². The molecule has 0 saturated heterocycles. The molecule has 5 nitrogen and oxygen atoms in total. The molecule has 2 aromatic carbocycles. The molecule has 0 aliphatic heterocycles. The number of nitrogens with one attached hydrogen (secondary N) is 2. The summed E-state index contributed by atoms with van der Waals surface area (Å²) in [6, 6.07) is 12.7. The van der Waals surface area contributed by atoms with Crippen molar-refractivity contribution in [1.29, 1.82) is 5.41 Å². The van der Waals surface area contributed by atoms with Crippen LogP contribution in [0.5, 0.6) is 0 Å². The second-order valence-corrected chi connectivity index (χ2v) is 7.62. The summed E-state index contributed by atoms with van der Waals surface area (Å²) < 4.78 is 3.75. The highest BCUT2D eigenvalue weighted by Crippen LogP contribution is 2.23. The van der Waals surface area contributed by atoms with E-state index < -0.39 is 0 Å². The van der Waals surface area contributed by atoms with Crippen molar-refractivity contribution in [2.75, 3.05) is 19.6 Å². The largest absolute Gasteiger partial charge is 1.00 e. The van der Waals surface area contributed by atoms with Gasteiger partial charge in [-0.15, -0.1) is 0 Å². The summed E-state index contributed by atoms with van der Waals surface area (Å²) in [7, 11) is 0.